The van der Waals surface area contributed by atoms with Crippen molar-refractivity contribution in [1.29, 1.82) is 0 Å². The molecule has 0 aliphatic heterocycles. The zero-order valence-corrected chi connectivity index (χ0v) is 17.5. The lowest BCUT2D eigenvalue weighted by Crippen LogP contribution is -2.29. The molecule has 0 radical (unpaired) electrons. The van der Waals surface area contributed by atoms with E-state index < -0.39 is 49.7 Å². The van der Waals surface area contributed by atoms with Crippen LogP contribution in [0.2, 0.25) is 0 Å². The van der Waals surface area contributed by atoms with E-state index in [1.165, 1.54) is 6.07 Å². The van der Waals surface area contributed by atoms with Crippen molar-refractivity contribution in [2.45, 2.75) is 57.6 Å². The van der Waals surface area contributed by atoms with Gasteiger partial charge in [0.15, 0.2) is 4.90 Å². The third kappa shape index (κ3) is 5.59. The van der Waals surface area contributed by atoms with Gasteiger partial charge >= 0.3 is 23.4 Å². The van der Waals surface area contributed by atoms with Gasteiger partial charge in [0.1, 0.15) is 5.30 Å². The predicted octanol–water partition coefficient (Wildman–Crippen LogP) is 3.38. The van der Waals surface area contributed by atoms with E-state index in [9.17, 15) is 23.1 Å². The van der Waals surface area contributed by atoms with Crippen molar-refractivity contribution in [3.05, 3.63) is 28.3 Å². The molecule has 0 bridgehead atoms. The van der Waals surface area contributed by atoms with Crippen LogP contribution in [-0.2, 0) is 27.9 Å². The highest BCUT2D eigenvalue weighted by Crippen LogP contribution is 2.55. The lowest BCUT2D eigenvalue weighted by Gasteiger charge is -2.32. The van der Waals surface area contributed by atoms with E-state index in [1.807, 2.05) is 0 Å². The minimum absolute atomic E-state index is 0.453. The van der Waals surface area contributed by atoms with Crippen molar-refractivity contribution >= 4 is 28.7 Å². The number of nitro groups is 1. The quantitative estimate of drug-likeness (QED) is 0.303. The third-order valence-corrected chi connectivity index (χ3v) is 6.57. The highest BCUT2D eigenvalue weighted by Gasteiger charge is 2.44. The smallest absolute Gasteiger partial charge is 0.299 e. The summed E-state index contributed by atoms with van der Waals surface area (Å²) in [7, 11) is -7.82. The number of para-hydroxylation sites is 1. The second-order valence-corrected chi connectivity index (χ2v) is 10.9. The lowest BCUT2D eigenvalue weighted by molar-refractivity contribution is -0.386. The van der Waals surface area contributed by atoms with Gasteiger partial charge in [0.05, 0.1) is 23.2 Å². The standard InChI is InChI=1S/C15H24NO8PS/c1-14(2,3)23-25(19,24-15(4,5)6)11-9-8-10-12(13(11)16(17)18)26(20,21)22-7/h8-10H,1-7H3. The van der Waals surface area contributed by atoms with Crippen LogP contribution < -0.4 is 5.30 Å². The Morgan fingerprint density at radius 1 is 1.04 bits per heavy atom. The fraction of sp³-hybridized carbons (Fsp3) is 0.600. The second-order valence-electron chi connectivity index (χ2n) is 7.41. The second kappa shape index (κ2) is 7.36. The highest BCUT2D eigenvalue weighted by molar-refractivity contribution is 7.87. The molecule has 9 nitrogen and oxygen atoms in total. The van der Waals surface area contributed by atoms with Crippen molar-refractivity contribution in [1.82, 2.24) is 0 Å². The maximum atomic E-state index is 13.6. The Kier molecular flexibility index (Phi) is 6.43. The van der Waals surface area contributed by atoms with E-state index >= 15 is 0 Å². The van der Waals surface area contributed by atoms with Crippen LogP contribution in [0.5, 0.6) is 0 Å². The van der Waals surface area contributed by atoms with Crippen molar-refractivity contribution in [3.8, 4) is 0 Å². The molecule has 148 valence electrons. The van der Waals surface area contributed by atoms with Crippen LogP contribution in [0.15, 0.2) is 23.1 Å². The van der Waals surface area contributed by atoms with E-state index in [-0.39, 0.29) is 0 Å². The average Bonchev–Trinajstić information content (AvgIpc) is 2.42. The Balaban J connectivity index is 3.85. The Morgan fingerprint density at radius 2 is 1.50 bits per heavy atom. The first kappa shape index (κ1) is 22.7. The van der Waals surface area contributed by atoms with Crippen molar-refractivity contribution in [2.75, 3.05) is 7.11 Å². The number of nitrogens with zero attached hydrogens (tertiary/aromatic N) is 1. The molecule has 26 heavy (non-hydrogen) atoms. The first-order valence-electron chi connectivity index (χ1n) is 7.62. The van der Waals surface area contributed by atoms with E-state index in [0.717, 1.165) is 19.2 Å². The lowest BCUT2D eigenvalue weighted by atomic mass is 10.2. The Hall–Kier alpha value is -1.32. The molecule has 1 aromatic carbocycles. The molecule has 1 rings (SSSR count). The highest BCUT2D eigenvalue weighted by atomic mass is 32.2. The first-order chi connectivity index (χ1) is 11.5. The molecular formula is C15H24NO8PS. The van der Waals surface area contributed by atoms with Gasteiger partial charge in [-0.05, 0) is 53.7 Å². The van der Waals surface area contributed by atoms with Gasteiger partial charge in [0, 0.05) is 0 Å². The van der Waals surface area contributed by atoms with E-state index in [1.54, 1.807) is 41.5 Å². The maximum Gasteiger partial charge on any atom is 0.369 e. The number of benzene rings is 1. The first-order valence-corrected chi connectivity index (χ1v) is 10.6. The van der Waals surface area contributed by atoms with Gasteiger partial charge in [-0.2, -0.15) is 8.42 Å². The molecule has 0 saturated carbocycles. The monoisotopic (exact) mass is 409 g/mol. The fourth-order valence-electron chi connectivity index (χ4n) is 2.04. The molecule has 0 N–H and O–H groups in total. The van der Waals surface area contributed by atoms with E-state index in [2.05, 4.69) is 4.18 Å². The average molecular weight is 409 g/mol. The molecule has 0 aromatic heterocycles. The van der Waals surface area contributed by atoms with Gasteiger partial charge in [-0.1, -0.05) is 6.07 Å². The summed E-state index contributed by atoms with van der Waals surface area (Å²) in [5.74, 6) is 0. The molecule has 0 unspecified atom stereocenters. The van der Waals surface area contributed by atoms with E-state index in [4.69, 9.17) is 9.05 Å². The summed E-state index contributed by atoms with van der Waals surface area (Å²) in [5.41, 5.74) is -2.86. The van der Waals surface area contributed by atoms with Gasteiger partial charge in [-0.15, -0.1) is 0 Å². The van der Waals surface area contributed by atoms with Crippen LogP contribution in [0.1, 0.15) is 41.5 Å². The van der Waals surface area contributed by atoms with Crippen molar-refractivity contribution in [2.24, 2.45) is 0 Å². The third-order valence-electron chi connectivity index (χ3n) is 2.73. The van der Waals surface area contributed by atoms with Crippen LogP contribution in [0.3, 0.4) is 0 Å². The molecule has 11 heteroatoms. The Morgan fingerprint density at radius 3 is 1.85 bits per heavy atom. The topological polar surface area (TPSA) is 122 Å². The van der Waals surface area contributed by atoms with Gasteiger partial charge < -0.3 is 0 Å². The number of nitro benzene ring substituents is 1. The number of rotatable bonds is 6. The zero-order chi connectivity index (χ0) is 20.6. The minimum Gasteiger partial charge on any atom is -0.299 e. The Bertz CT molecular complexity index is 816. The normalized spacial score (nSPS) is 13.7. The largest absolute Gasteiger partial charge is 0.369 e. The van der Waals surface area contributed by atoms with Crippen molar-refractivity contribution < 1.29 is 31.1 Å². The van der Waals surface area contributed by atoms with Gasteiger partial charge in [0.25, 0.3) is 0 Å². The number of hydrogen-bond acceptors (Lipinski definition) is 8. The summed E-state index contributed by atoms with van der Waals surface area (Å²) in [6.07, 6.45) is 0. The van der Waals surface area contributed by atoms with Gasteiger partial charge in [-0.3, -0.25) is 27.9 Å². The molecular weight excluding hydrogens is 385 g/mol. The summed E-state index contributed by atoms with van der Waals surface area (Å²) in [6, 6.07) is 3.38. The molecule has 0 aliphatic carbocycles. The summed E-state index contributed by atoms with van der Waals surface area (Å²) in [4.78, 5) is 9.97. The summed E-state index contributed by atoms with van der Waals surface area (Å²) >= 11 is 0. The van der Waals surface area contributed by atoms with Crippen LogP contribution in [0.4, 0.5) is 5.69 Å². The molecule has 0 fully saturated rings. The summed E-state index contributed by atoms with van der Waals surface area (Å²) in [5, 5.41) is 11.2. The molecule has 0 spiro atoms. The fourth-order valence-corrected chi connectivity index (χ4v) is 5.37. The summed E-state index contributed by atoms with van der Waals surface area (Å²) in [6.45, 7) is 9.63. The molecule has 0 heterocycles. The Labute approximate surface area is 153 Å². The minimum atomic E-state index is -4.42. The maximum absolute atomic E-state index is 13.6. The molecule has 0 atom stereocenters. The van der Waals surface area contributed by atoms with Crippen LogP contribution in [0, 0.1) is 10.1 Å². The molecule has 0 aliphatic rings. The van der Waals surface area contributed by atoms with Crippen LogP contribution >= 0.6 is 7.60 Å². The van der Waals surface area contributed by atoms with Crippen LogP contribution in [-0.4, -0.2) is 31.7 Å². The predicted molar refractivity (Wildman–Crippen MR) is 96.2 cm³/mol. The van der Waals surface area contributed by atoms with Gasteiger partial charge in [-0.25, -0.2) is 0 Å². The van der Waals surface area contributed by atoms with E-state index in [0.29, 0.717) is 0 Å². The summed E-state index contributed by atoms with van der Waals surface area (Å²) < 4.78 is 53.2. The molecule has 0 saturated heterocycles. The van der Waals surface area contributed by atoms with Crippen molar-refractivity contribution in [3.63, 3.8) is 0 Å². The molecule has 1 aromatic rings. The van der Waals surface area contributed by atoms with Gasteiger partial charge in [0.2, 0.25) is 0 Å². The van der Waals surface area contributed by atoms with Crippen LogP contribution in [0.25, 0.3) is 0 Å². The SMILES string of the molecule is COS(=O)(=O)c1cccc(P(=O)(OC(C)(C)C)OC(C)(C)C)c1[N+](=O)[O-]. The molecule has 0 amide bonds. The zero-order valence-electron chi connectivity index (χ0n) is 15.8. The number of hydrogen-bond donors (Lipinski definition) is 0.